The van der Waals surface area contributed by atoms with Gasteiger partial charge in [0.05, 0.1) is 79.4 Å². The average Bonchev–Trinajstić information content (AvgIpc) is 2.96. The van der Waals surface area contributed by atoms with E-state index in [-0.39, 0.29) is 5.97 Å². The largest absolute Gasteiger partial charge is 0.463 e. The number of rotatable bonds is 29. The van der Waals surface area contributed by atoms with Crippen molar-refractivity contribution in [1.82, 2.24) is 4.90 Å². The van der Waals surface area contributed by atoms with Crippen LogP contribution in [0.15, 0.2) is 0 Å². The van der Waals surface area contributed by atoms with Crippen LogP contribution in [0.5, 0.6) is 0 Å². The first kappa shape index (κ1) is 37.3. The lowest BCUT2D eigenvalue weighted by atomic mass is 10.1. The smallest absolute Gasteiger partial charge is 0.307 e. The van der Waals surface area contributed by atoms with Crippen molar-refractivity contribution >= 4 is 5.97 Å². The van der Waals surface area contributed by atoms with Crippen LogP contribution < -0.4 is 0 Å². The van der Waals surface area contributed by atoms with E-state index in [1.165, 1.54) is 90.3 Å². The Bertz CT molecular complexity index is 558. The van der Waals surface area contributed by atoms with Gasteiger partial charge in [-0.1, -0.05) is 78.1 Å². The second-order valence-corrected chi connectivity index (χ2v) is 11.6. The van der Waals surface area contributed by atoms with E-state index in [9.17, 15) is 4.79 Å². The molecule has 1 rings (SSSR count). The third kappa shape index (κ3) is 22.9. The third-order valence-corrected chi connectivity index (χ3v) is 7.84. The molecule has 0 N–H and O–H groups in total. The van der Waals surface area contributed by atoms with E-state index in [0.29, 0.717) is 59.3 Å². The maximum absolute atomic E-state index is 12.0. The fourth-order valence-electron chi connectivity index (χ4n) is 4.97. The molecule has 0 bridgehead atoms. The van der Waals surface area contributed by atoms with Gasteiger partial charge >= 0.3 is 5.97 Å². The first-order chi connectivity index (χ1) is 19.6. The quantitative estimate of drug-likeness (QED) is 0.0668. The van der Waals surface area contributed by atoms with Crippen LogP contribution in [-0.2, 0) is 28.5 Å². The molecule has 1 fully saturated rings. The van der Waals surface area contributed by atoms with Crippen molar-refractivity contribution in [2.45, 2.75) is 97.3 Å². The topological polar surface area (TPSA) is 66.5 Å². The fourth-order valence-corrected chi connectivity index (χ4v) is 4.97. The van der Waals surface area contributed by atoms with E-state index in [4.69, 9.17) is 23.7 Å². The summed E-state index contributed by atoms with van der Waals surface area (Å²) in [5, 5.41) is 0. The van der Waals surface area contributed by atoms with Crippen LogP contribution in [0, 0.1) is 0 Å². The number of hydrogen-bond acceptors (Lipinski definition) is 7. The number of piperazine rings is 1. The Hall–Kier alpha value is -0.770. The summed E-state index contributed by atoms with van der Waals surface area (Å²) in [5.74, 6) is -0.140. The molecule has 1 aliphatic heterocycles. The summed E-state index contributed by atoms with van der Waals surface area (Å²) in [6, 6.07) is 0. The van der Waals surface area contributed by atoms with Crippen LogP contribution >= 0.6 is 0 Å². The van der Waals surface area contributed by atoms with Crippen LogP contribution in [0.2, 0.25) is 0 Å². The molecule has 1 aliphatic rings. The molecule has 8 nitrogen and oxygen atoms in total. The Labute approximate surface area is 247 Å². The van der Waals surface area contributed by atoms with Crippen LogP contribution in [0.3, 0.4) is 0 Å². The molecule has 1 heterocycles. The first-order valence-corrected chi connectivity index (χ1v) is 16.6. The molecule has 0 saturated carbocycles. The summed E-state index contributed by atoms with van der Waals surface area (Å²) in [4.78, 5) is 14.4. The van der Waals surface area contributed by atoms with Gasteiger partial charge in [-0.05, 0) is 12.8 Å². The number of carbonyl (C=O) groups excluding carboxylic acids is 1. The molecule has 0 unspecified atom stereocenters. The fraction of sp³-hybridized carbons (Fsp3) is 0.969. The molecule has 8 heteroatoms. The zero-order valence-corrected chi connectivity index (χ0v) is 26.6. The molecule has 0 atom stereocenters. The monoisotopic (exact) mass is 573 g/mol. The predicted molar refractivity (Wildman–Crippen MR) is 163 cm³/mol. The number of esters is 1. The Morgan fingerprint density at radius 3 is 1.57 bits per heavy atom. The number of nitrogens with zero attached hydrogens (tertiary/aromatic N) is 2. The molecule has 0 spiro atoms. The summed E-state index contributed by atoms with van der Waals surface area (Å²) in [6.07, 6.45) is 16.4. The van der Waals surface area contributed by atoms with Gasteiger partial charge in [0, 0.05) is 26.2 Å². The molecule has 238 valence electrons. The van der Waals surface area contributed by atoms with Crippen LogP contribution in [0.1, 0.15) is 97.3 Å². The van der Waals surface area contributed by atoms with E-state index in [0.717, 1.165) is 37.1 Å². The maximum Gasteiger partial charge on any atom is 0.307 e. The maximum atomic E-state index is 12.0. The van der Waals surface area contributed by atoms with Gasteiger partial charge in [0.25, 0.3) is 0 Å². The minimum absolute atomic E-state index is 0.140. The SMILES string of the molecule is CCCCCCCCCCCCOCCOCCOCCOCCOC(=O)CCN1CC[N+](C)(CCCC)CC1. The summed E-state index contributed by atoms with van der Waals surface area (Å²) >= 11 is 0. The van der Waals surface area contributed by atoms with Gasteiger partial charge in [-0.2, -0.15) is 0 Å². The Morgan fingerprint density at radius 2 is 1.05 bits per heavy atom. The zero-order valence-electron chi connectivity index (χ0n) is 26.6. The van der Waals surface area contributed by atoms with Gasteiger partial charge in [0.15, 0.2) is 0 Å². The van der Waals surface area contributed by atoms with Crippen molar-refractivity contribution in [3.8, 4) is 0 Å². The lowest BCUT2D eigenvalue weighted by Gasteiger charge is -2.42. The van der Waals surface area contributed by atoms with E-state index < -0.39 is 0 Å². The molecule has 0 aliphatic carbocycles. The molecule has 0 radical (unpaired) electrons. The van der Waals surface area contributed by atoms with Crippen LogP contribution in [0.25, 0.3) is 0 Å². The van der Waals surface area contributed by atoms with Crippen molar-refractivity contribution in [1.29, 1.82) is 0 Å². The van der Waals surface area contributed by atoms with E-state index >= 15 is 0 Å². The van der Waals surface area contributed by atoms with Crippen LogP contribution in [-0.4, -0.2) is 121 Å². The minimum Gasteiger partial charge on any atom is -0.463 e. The van der Waals surface area contributed by atoms with Crippen molar-refractivity contribution < 1.29 is 33.0 Å². The number of ether oxygens (including phenoxy) is 5. The highest BCUT2D eigenvalue weighted by Gasteiger charge is 2.28. The number of likely N-dealkylation sites (N-methyl/N-ethyl adjacent to an activating group) is 1. The van der Waals surface area contributed by atoms with Gasteiger partial charge < -0.3 is 28.2 Å². The molecule has 0 aromatic carbocycles. The van der Waals surface area contributed by atoms with Gasteiger partial charge in [-0.3, -0.25) is 9.69 Å². The number of quaternary nitrogens is 1. The number of carbonyl (C=O) groups is 1. The predicted octanol–water partition coefficient (Wildman–Crippen LogP) is 5.47. The van der Waals surface area contributed by atoms with E-state index in [1.54, 1.807) is 0 Å². The Morgan fingerprint density at radius 1 is 0.600 bits per heavy atom. The highest BCUT2D eigenvalue weighted by atomic mass is 16.6. The molecule has 0 amide bonds. The van der Waals surface area contributed by atoms with Gasteiger partial charge in [-0.25, -0.2) is 0 Å². The lowest BCUT2D eigenvalue weighted by Crippen LogP contribution is -2.57. The van der Waals surface area contributed by atoms with Gasteiger partial charge in [0.2, 0.25) is 0 Å². The third-order valence-electron chi connectivity index (χ3n) is 7.84. The number of unbranched alkanes of at least 4 members (excludes halogenated alkanes) is 10. The zero-order chi connectivity index (χ0) is 29.0. The molecule has 1 saturated heterocycles. The molecule has 40 heavy (non-hydrogen) atoms. The standard InChI is InChI=1S/C32H65N2O6/c1-4-6-8-9-10-11-12-13-14-15-23-36-24-25-37-26-27-38-28-29-39-30-31-40-32(35)16-17-33-18-21-34(3,22-19-33)20-7-5-2/h4-31H2,1-3H3/q+1. The summed E-state index contributed by atoms with van der Waals surface area (Å²) in [5.41, 5.74) is 0. The first-order valence-electron chi connectivity index (χ1n) is 16.6. The Balaban J connectivity index is 1.74. The summed E-state index contributed by atoms with van der Waals surface area (Å²) < 4.78 is 28.7. The normalized spacial score (nSPS) is 15.5. The highest BCUT2D eigenvalue weighted by Crippen LogP contribution is 2.12. The molecule has 0 aromatic heterocycles. The van der Waals surface area contributed by atoms with Gasteiger partial charge in [-0.15, -0.1) is 0 Å². The number of hydrogen-bond donors (Lipinski definition) is 0. The summed E-state index contributed by atoms with van der Waals surface area (Å²) in [7, 11) is 2.36. The van der Waals surface area contributed by atoms with E-state index in [2.05, 4.69) is 25.8 Å². The van der Waals surface area contributed by atoms with E-state index in [1.807, 2.05) is 0 Å². The minimum atomic E-state index is -0.140. The van der Waals surface area contributed by atoms with Gasteiger partial charge in [0.1, 0.15) is 6.61 Å². The summed E-state index contributed by atoms with van der Waals surface area (Å²) in [6.45, 7) is 15.9. The second-order valence-electron chi connectivity index (χ2n) is 11.6. The average molecular weight is 574 g/mol. The van der Waals surface area contributed by atoms with Crippen molar-refractivity contribution in [2.75, 3.05) is 106 Å². The second kappa shape index (κ2) is 27.1. The Kier molecular flexibility index (Phi) is 25.2. The van der Waals surface area contributed by atoms with Crippen molar-refractivity contribution in [3.05, 3.63) is 0 Å². The van der Waals surface area contributed by atoms with Crippen molar-refractivity contribution in [3.63, 3.8) is 0 Å². The lowest BCUT2D eigenvalue weighted by molar-refractivity contribution is -0.913. The molecular weight excluding hydrogens is 508 g/mol. The molecule has 0 aromatic rings. The molecular formula is C32H65N2O6+. The highest BCUT2D eigenvalue weighted by molar-refractivity contribution is 5.69. The van der Waals surface area contributed by atoms with Crippen LogP contribution in [0.4, 0.5) is 0 Å². The van der Waals surface area contributed by atoms with Crippen molar-refractivity contribution in [2.24, 2.45) is 0 Å².